The lowest BCUT2D eigenvalue weighted by Gasteiger charge is -2.37. The summed E-state index contributed by atoms with van der Waals surface area (Å²) in [6.45, 7) is 4.91. The van der Waals surface area contributed by atoms with Crippen molar-refractivity contribution in [3.63, 3.8) is 0 Å². The fraction of sp³-hybridized carbons (Fsp3) is 0.917. The maximum absolute atomic E-state index is 12.0. The van der Waals surface area contributed by atoms with Gasteiger partial charge in [0.25, 0.3) is 0 Å². The summed E-state index contributed by atoms with van der Waals surface area (Å²) in [7, 11) is 1.64. The molecule has 18 heavy (non-hydrogen) atoms. The number of morpholine rings is 1. The lowest BCUT2D eigenvalue weighted by Crippen LogP contribution is -2.56. The van der Waals surface area contributed by atoms with E-state index in [2.05, 4.69) is 5.32 Å². The van der Waals surface area contributed by atoms with Crippen molar-refractivity contribution in [1.82, 2.24) is 10.2 Å². The van der Waals surface area contributed by atoms with Gasteiger partial charge in [-0.15, -0.1) is 0 Å². The maximum Gasteiger partial charge on any atom is 0.237 e. The molecule has 0 aromatic rings. The number of carbonyl (C=O) groups is 1. The van der Waals surface area contributed by atoms with Crippen LogP contribution in [0.3, 0.4) is 0 Å². The molecular formula is C12H24N2O4. The second-order valence-electron chi connectivity index (χ2n) is 4.46. The van der Waals surface area contributed by atoms with Gasteiger partial charge in [0.1, 0.15) is 0 Å². The number of nitrogens with zero attached hydrogens (tertiary/aromatic N) is 1. The summed E-state index contributed by atoms with van der Waals surface area (Å²) in [6, 6.07) is -0.327. The van der Waals surface area contributed by atoms with Crippen LogP contribution in [-0.4, -0.2) is 74.6 Å². The third-order valence-corrected chi connectivity index (χ3v) is 3.19. The van der Waals surface area contributed by atoms with Gasteiger partial charge in [-0.1, -0.05) is 0 Å². The predicted molar refractivity (Wildman–Crippen MR) is 67.4 cm³/mol. The Morgan fingerprint density at radius 2 is 2.44 bits per heavy atom. The molecule has 6 heteroatoms. The molecule has 0 aliphatic carbocycles. The number of rotatable bonds is 7. The van der Waals surface area contributed by atoms with Crippen molar-refractivity contribution in [3.8, 4) is 0 Å². The second-order valence-corrected chi connectivity index (χ2v) is 4.46. The fourth-order valence-corrected chi connectivity index (χ4v) is 2.06. The Bertz CT molecular complexity index is 250. The van der Waals surface area contributed by atoms with E-state index in [0.717, 1.165) is 6.42 Å². The molecule has 2 N–H and O–H groups in total. The van der Waals surface area contributed by atoms with Gasteiger partial charge < -0.3 is 19.9 Å². The molecule has 1 heterocycles. The van der Waals surface area contributed by atoms with Gasteiger partial charge in [-0.3, -0.25) is 9.69 Å². The van der Waals surface area contributed by atoms with Crippen molar-refractivity contribution in [2.45, 2.75) is 25.4 Å². The smallest absolute Gasteiger partial charge is 0.237 e. The van der Waals surface area contributed by atoms with Gasteiger partial charge in [0.2, 0.25) is 5.91 Å². The van der Waals surface area contributed by atoms with Crippen molar-refractivity contribution in [3.05, 3.63) is 0 Å². The molecule has 6 nitrogen and oxygen atoms in total. The van der Waals surface area contributed by atoms with Crippen LogP contribution >= 0.6 is 0 Å². The van der Waals surface area contributed by atoms with E-state index in [4.69, 9.17) is 9.47 Å². The molecule has 1 saturated heterocycles. The Labute approximate surface area is 108 Å². The number of amides is 1. The molecule has 0 aromatic heterocycles. The minimum Gasteiger partial charge on any atom is -0.395 e. The number of methoxy groups -OCH3 is 1. The second kappa shape index (κ2) is 8.42. The molecule has 0 bridgehead atoms. The van der Waals surface area contributed by atoms with E-state index in [1.807, 2.05) is 11.8 Å². The van der Waals surface area contributed by atoms with Crippen molar-refractivity contribution in [2.75, 3.05) is 46.6 Å². The number of carbonyl (C=O) groups excluding carboxylic acids is 1. The molecule has 1 amide bonds. The Balaban J connectivity index is 2.36. The van der Waals surface area contributed by atoms with Crippen LogP contribution in [0.2, 0.25) is 0 Å². The van der Waals surface area contributed by atoms with Gasteiger partial charge in [0.05, 0.1) is 31.9 Å². The number of hydrogen-bond acceptors (Lipinski definition) is 5. The standard InChI is InChI=1S/C12H24N2O4/c1-10(12(16)13-4-3-6-17-2)14-5-7-18-9-11(14)8-15/h10-11,15H,3-9H2,1-2H3,(H,13,16). The zero-order valence-electron chi connectivity index (χ0n) is 11.2. The van der Waals surface area contributed by atoms with Gasteiger partial charge in [0, 0.05) is 26.8 Å². The van der Waals surface area contributed by atoms with Crippen molar-refractivity contribution < 1.29 is 19.4 Å². The first-order chi connectivity index (χ1) is 8.70. The lowest BCUT2D eigenvalue weighted by atomic mass is 10.1. The first-order valence-corrected chi connectivity index (χ1v) is 6.41. The lowest BCUT2D eigenvalue weighted by molar-refractivity contribution is -0.130. The van der Waals surface area contributed by atoms with Crippen molar-refractivity contribution >= 4 is 5.91 Å². The number of aliphatic hydroxyl groups excluding tert-OH is 1. The Kier molecular flexibility index (Phi) is 7.19. The van der Waals surface area contributed by atoms with Gasteiger partial charge in [0.15, 0.2) is 0 Å². The van der Waals surface area contributed by atoms with Crippen LogP contribution in [0.15, 0.2) is 0 Å². The first-order valence-electron chi connectivity index (χ1n) is 6.41. The maximum atomic E-state index is 12.0. The van der Waals surface area contributed by atoms with Crippen LogP contribution < -0.4 is 5.32 Å². The molecule has 2 unspecified atom stereocenters. The van der Waals surface area contributed by atoms with Crippen LogP contribution in [0.1, 0.15) is 13.3 Å². The third kappa shape index (κ3) is 4.53. The summed E-state index contributed by atoms with van der Waals surface area (Å²) < 4.78 is 10.2. The minimum absolute atomic E-state index is 0.00791. The topological polar surface area (TPSA) is 71.0 Å². The summed E-state index contributed by atoms with van der Waals surface area (Å²) in [5.74, 6) is -0.00791. The highest BCUT2D eigenvalue weighted by Crippen LogP contribution is 2.11. The minimum atomic E-state index is -0.242. The number of aliphatic hydroxyl groups is 1. The van der Waals surface area contributed by atoms with Crippen molar-refractivity contribution in [1.29, 1.82) is 0 Å². The van der Waals surface area contributed by atoms with Crippen LogP contribution in [0.5, 0.6) is 0 Å². The van der Waals surface area contributed by atoms with E-state index in [9.17, 15) is 9.90 Å². The van der Waals surface area contributed by atoms with E-state index in [1.54, 1.807) is 7.11 Å². The van der Waals surface area contributed by atoms with Crippen molar-refractivity contribution in [2.24, 2.45) is 0 Å². The SMILES string of the molecule is COCCCNC(=O)C(C)N1CCOCC1CO. The number of hydrogen-bond donors (Lipinski definition) is 2. The molecular weight excluding hydrogens is 236 g/mol. The highest BCUT2D eigenvalue weighted by Gasteiger charge is 2.30. The van der Waals surface area contributed by atoms with Crippen LogP contribution in [0.25, 0.3) is 0 Å². The largest absolute Gasteiger partial charge is 0.395 e. The van der Waals surface area contributed by atoms with Crippen LogP contribution in [-0.2, 0) is 14.3 Å². The van der Waals surface area contributed by atoms with E-state index in [-0.39, 0.29) is 24.6 Å². The molecule has 1 fully saturated rings. The molecule has 0 aromatic carbocycles. The molecule has 1 aliphatic rings. The number of ether oxygens (including phenoxy) is 2. The molecule has 0 spiro atoms. The van der Waals surface area contributed by atoms with E-state index < -0.39 is 0 Å². The summed E-state index contributed by atoms with van der Waals surface area (Å²) in [4.78, 5) is 13.9. The zero-order chi connectivity index (χ0) is 13.4. The molecule has 106 valence electrons. The third-order valence-electron chi connectivity index (χ3n) is 3.19. The zero-order valence-corrected chi connectivity index (χ0v) is 11.2. The Hall–Kier alpha value is -0.690. The monoisotopic (exact) mass is 260 g/mol. The average Bonchev–Trinajstić information content (AvgIpc) is 2.42. The highest BCUT2D eigenvalue weighted by atomic mass is 16.5. The first kappa shape index (κ1) is 15.4. The summed E-state index contributed by atoms with van der Waals surface area (Å²) >= 11 is 0. The molecule has 2 atom stereocenters. The van der Waals surface area contributed by atoms with Gasteiger partial charge in [-0.05, 0) is 13.3 Å². The van der Waals surface area contributed by atoms with Crippen LogP contribution in [0, 0.1) is 0 Å². The van der Waals surface area contributed by atoms with Crippen LogP contribution in [0.4, 0.5) is 0 Å². The number of nitrogens with one attached hydrogen (secondary N) is 1. The normalized spacial score (nSPS) is 22.7. The Morgan fingerprint density at radius 3 is 3.11 bits per heavy atom. The molecule has 0 saturated carbocycles. The molecule has 1 aliphatic heterocycles. The highest BCUT2D eigenvalue weighted by molar-refractivity contribution is 5.81. The summed E-state index contributed by atoms with van der Waals surface area (Å²) in [6.07, 6.45) is 0.807. The van der Waals surface area contributed by atoms with Gasteiger partial charge in [-0.25, -0.2) is 0 Å². The van der Waals surface area contributed by atoms with E-state index in [1.165, 1.54) is 0 Å². The predicted octanol–water partition coefficient (Wildman–Crippen LogP) is -0.779. The summed E-state index contributed by atoms with van der Waals surface area (Å²) in [5.41, 5.74) is 0. The van der Waals surface area contributed by atoms with E-state index in [0.29, 0.717) is 32.9 Å². The quantitative estimate of drug-likeness (QED) is 0.588. The summed E-state index contributed by atoms with van der Waals surface area (Å²) in [5, 5.41) is 12.1. The average molecular weight is 260 g/mol. The fourth-order valence-electron chi connectivity index (χ4n) is 2.06. The molecule has 1 rings (SSSR count). The van der Waals surface area contributed by atoms with E-state index >= 15 is 0 Å². The Morgan fingerprint density at radius 1 is 1.67 bits per heavy atom. The van der Waals surface area contributed by atoms with Gasteiger partial charge in [-0.2, -0.15) is 0 Å². The molecule has 0 radical (unpaired) electrons. The van der Waals surface area contributed by atoms with Gasteiger partial charge >= 0.3 is 0 Å².